The molecule has 2 atom stereocenters. The monoisotopic (exact) mass is 1200 g/mol. The number of carbonyl (C=O) groups excluding carboxylic acids is 5. The molecule has 1 heterocycles. The summed E-state index contributed by atoms with van der Waals surface area (Å²) in [6, 6.07) is 29.2. The minimum Gasteiger partial charge on any atom is -0.458 e. The van der Waals surface area contributed by atoms with Gasteiger partial charge in [-0.15, -0.1) is 11.8 Å². The summed E-state index contributed by atoms with van der Waals surface area (Å²) >= 11 is 1.16. The molecule has 0 saturated heterocycles. The SMILES string of the molecule is CC(C)(C)OC(=O)NCCOCCOCCOCCOCCC(=O)N[C@@H](CSCC(=O)N(CCCNC(=O)OCC1c2ccccc2-c2ccccc21)[C@@H](c1cc(-c2cc(F)ccc2F)cn1Cc1ccccc1)C(C)(C)C)C(=O)OC(C)(C)C. The van der Waals surface area contributed by atoms with Gasteiger partial charge in [0.1, 0.15) is 35.5 Å². The first kappa shape index (κ1) is 67.3. The zero-order valence-corrected chi connectivity index (χ0v) is 51.4. The average molecular weight is 1200 g/mol. The molecule has 0 aliphatic heterocycles. The number of nitrogens with zero attached hydrogens (tertiary/aromatic N) is 2. The Kier molecular flexibility index (Phi) is 25.8. The maximum Gasteiger partial charge on any atom is 0.407 e. The summed E-state index contributed by atoms with van der Waals surface area (Å²) < 4.78 is 71.3. The van der Waals surface area contributed by atoms with E-state index in [1.807, 2.05) is 79.9 Å². The molecular formula is C65H85F2N5O12S. The highest BCUT2D eigenvalue weighted by Crippen LogP contribution is 2.45. The number of halogens is 2. The van der Waals surface area contributed by atoms with Gasteiger partial charge in [0.2, 0.25) is 11.8 Å². The van der Waals surface area contributed by atoms with Gasteiger partial charge in [0.15, 0.2) is 0 Å². The molecule has 462 valence electrons. The van der Waals surface area contributed by atoms with Crippen LogP contribution in [0.3, 0.4) is 0 Å². The second kappa shape index (κ2) is 32.6. The molecule has 85 heavy (non-hydrogen) atoms. The fraction of sp³-hybridized carbons (Fsp3) is 0.492. The molecule has 3 N–H and O–H groups in total. The van der Waals surface area contributed by atoms with E-state index in [-0.39, 0.29) is 74.8 Å². The van der Waals surface area contributed by atoms with Crippen molar-refractivity contribution in [3.63, 3.8) is 0 Å². The number of fused-ring (bicyclic) bond motifs is 3. The third-order valence-electron chi connectivity index (χ3n) is 13.3. The molecule has 1 aromatic heterocycles. The van der Waals surface area contributed by atoms with Crippen LogP contribution in [-0.2, 0) is 54.1 Å². The van der Waals surface area contributed by atoms with Gasteiger partial charge >= 0.3 is 18.2 Å². The van der Waals surface area contributed by atoms with Crippen LogP contribution in [0.2, 0.25) is 0 Å². The first-order valence-electron chi connectivity index (χ1n) is 28.9. The van der Waals surface area contributed by atoms with Gasteiger partial charge in [-0.05, 0) is 105 Å². The number of esters is 1. The summed E-state index contributed by atoms with van der Waals surface area (Å²) in [5, 5.41) is 8.30. The summed E-state index contributed by atoms with van der Waals surface area (Å²) in [5.74, 6) is -2.89. The number of rotatable bonds is 32. The molecule has 4 amide bonds. The van der Waals surface area contributed by atoms with Gasteiger partial charge in [0.25, 0.3) is 0 Å². The second-order valence-corrected chi connectivity index (χ2v) is 24.7. The van der Waals surface area contributed by atoms with Gasteiger partial charge in [0.05, 0.1) is 64.6 Å². The highest BCUT2D eigenvalue weighted by Gasteiger charge is 2.38. The van der Waals surface area contributed by atoms with Crippen LogP contribution in [0.1, 0.15) is 109 Å². The minimum absolute atomic E-state index is 0.00859. The second-order valence-electron chi connectivity index (χ2n) is 23.6. The standard InChI is InChI=1S/C65H85F2N5O12S/c1-63(2,3)59(56-38-46(52-39-47(66)24-25-54(52)67)41-71(56)40-45-18-11-10-12-19-45)72(29-17-27-68-61(76)82-42-53-50-22-15-13-20-48(50)49-21-14-16-23-51(49)53)58(74)44-85-43-55(60(75)83-64(4,5)6)70-57(73)26-30-78-32-34-80-36-37-81-35-33-79-31-28-69-62(77)84-65(7,8)9/h10-16,18-25,38-39,41,53,55,59H,17,26-37,40,42-44H2,1-9H3,(H,68,76)(H,69,77)(H,70,73)/t55-,59-/m0/s1. The molecule has 20 heteroatoms. The van der Waals surface area contributed by atoms with Crippen molar-refractivity contribution in [3.8, 4) is 22.3 Å². The van der Waals surface area contributed by atoms with Gasteiger partial charge in [-0.25, -0.2) is 23.2 Å². The number of amides is 4. The number of alkyl carbamates (subject to hydrolysis) is 2. The quantitative estimate of drug-likeness (QED) is 0.0209. The summed E-state index contributed by atoms with van der Waals surface area (Å²) in [6.45, 7) is 19.8. The van der Waals surface area contributed by atoms with Crippen molar-refractivity contribution in [3.05, 3.63) is 143 Å². The minimum atomic E-state index is -1.12. The van der Waals surface area contributed by atoms with E-state index in [0.29, 0.717) is 63.8 Å². The number of hydrogen-bond acceptors (Lipinski definition) is 13. The Morgan fingerprint density at radius 2 is 1.22 bits per heavy atom. The summed E-state index contributed by atoms with van der Waals surface area (Å²) in [4.78, 5) is 68.9. The fourth-order valence-electron chi connectivity index (χ4n) is 9.72. The van der Waals surface area contributed by atoms with Crippen LogP contribution in [0.15, 0.2) is 109 Å². The number of benzene rings is 4. The van der Waals surface area contributed by atoms with E-state index in [4.69, 9.17) is 33.2 Å². The number of hydrogen-bond donors (Lipinski definition) is 3. The van der Waals surface area contributed by atoms with Crippen molar-refractivity contribution in [1.29, 1.82) is 0 Å². The zero-order valence-electron chi connectivity index (χ0n) is 50.6. The van der Waals surface area contributed by atoms with Crippen LogP contribution in [-0.4, -0.2) is 147 Å². The summed E-state index contributed by atoms with van der Waals surface area (Å²) in [5.41, 5.74) is 4.38. The molecule has 0 saturated carbocycles. The van der Waals surface area contributed by atoms with Crippen molar-refractivity contribution in [2.45, 2.75) is 111 Å². The molecule has 17 nitrogen and oxygen atoms in total. The lowest BCUT2D eigenvalue weighted by atomic mass is 9.83. The number of carbonyl (C=O) groups is 5. The predicted octanol–water partition coefficient (Wildman–Crippen LogP) is 10.9. The highest BCUT2D eigenvalue weighted by molar-refractivity contribution is 8.00. The van der Waals surface area contributed by atoms with E-state index in [0.717, 1.165) is 57.8 Å². The Morgan fingerprint density at radius 1 is 0.647 bits per heavy atom. The Bertz CT molecular complexity index is 2910. The number of nitrogens with one attached hydrogen (secondary N) is 3. The zero-order chi connectivity index (χ0) is 61.6. The lowest BCUT2D eigenvalue weighted by Crippen LogP contribution is -2.47. The van der Waals surface area contributed by atoms with Gasteiger partial charge in [-0.1, -0.05) is 99.6 Å². The Labute approximate surface area is 503 Å². The lowest BCUT2D eigenvalue weighted by Gasteiger charge is -2.41. The van der Waals surface area contributed by atoms with Crippen molar-refractivity contribution >= 4 is 41.7 Å². The predicted molar refractivity (Wildman–Crippen MR) is 324 cm³/mol. The fourth-order valence-corrected chi connectivity index (χ4v) is 10.6. The van der Waals surface area contributed by atoms with Crippen molar-refractivity contribution < 1.29 is 65.9 Å². The molecular weight excluding hydrogens is 1110 g/mol. The van der Waals surface area contributed by atoms with Crippen LogP contribution in [0.4, 0.5) is 18.4 Å². The van der Waals surface area contributed by atoms with Crippen LogP contribution in [0.25, 0.3) is 22.3 Å². The first-order valence-corrected chi connectivity index (χ1v) is 30.1. The van der Waals surface area contributed by atoms with E-state index >= 15 is 9.18 Å². The molecule has 0 unspecified atom stereocenters. The van der Waals surface area contributed by atoms with E-state index in [2.05, 4.69) is 40.2 Å². The van der Waals surface area contributed by atoms with E-state index < -0.39 is 64.4 Å². The summed E-state index contributed by atoms with van der Waals surface area (Å²) in [6.07, 6.45) is 0.926. The molecule has 1 aliphatic rings. The number of ether oxygens (including phenoxy) is 7. The van der Waals surface area contributed by atoms with Crippen LogP contribution in [0, 0.1) is 17.0 Å². The lowest BCUT2D eigenvalue weighted by molar-refractivity contribution is -0.158. The van der Waals surface area contributed by atoms with E-state index in [1.54, 1.807) is 58.7 Å². The maximum atomic E-state index is 15.6. The van der Waals surface area contributed by atoms with Gasteiger partial charge in [0, 0.05) is 67.3 Å². The third kappa shape index (κ3) is 22.2. The largest absolute Gasteiger partial charge is 0.458 e. The average Bonchev–Trinajstić information content (AvgIpc) is 1.93. The van der Waals surface area contributed by atoms with E-state index in [1.165, 1.54) is 0 Å². The van der Waals surface area contributed by atoms with Crippen LogP contribution < -0.4 is 16.0 Å². The topological polar surface area (TPSA) is 194 Å². The molecule has 0 bridgehead atoms. The molecule has 0 fully saturated rings. The highest BCUT2D eigenvalue weighted by atomic mass is 32.2. The molecule has 4 aromatic carbocycles. The Balaban J connectivity index is 1.08. The molecule has 1 aliphatic carbocycles. The number of aromatic nitrogens is 1. The first-order chi connectivity index (χ1) is 40.5. The number of thioether (sulfide) groups is 1. The van der Waals surface area contributed by atoms with E-state index in [9.17, 15) is 23.6 Å². The van der Waals surface area contributed by atoms with Crippen LogP contribution >= 0.6 is 11.8 Å². The van der Waals surface area contributed by atoms with Gasteiger partial charge in [-0.2, -0.15) is 0 Å². The van der Waals surface area contributed by atoms with Crippen molar-refractivity contribution in [2.75, 3.05) is 90.6 Å². The summed E-state index contributed by atoms with van der Waals surface area (Å²) in [7, 11) is 0. The van der Waals surface area contributed by atoms with Crippen molar-refractivity contribution in [1.82, 2.24) is 25.4 Å². The van der Waals surface area contributed by atoms with Gasteiger partial charge < -0.3 is 58.6 Å². The normalized spacial score (nSPS) is 13.1. The van der Waals surface area contributed by atoms with Crippen LogP contribution in [0.5, 0.6) is 0 Å². The third-order valence-corrected chi connectivity index (χ3v) is 14.3. The molecule has 5 aromatic rings. The molecule has 0 spiro atoms. The molecule has 0 radical (unpaired) electrons. The maximum absolute atomic E-state index is 15.6. The molecule has 6 rings (SSSR count). The smallest absolute Gasteiger partial charge is 0.407 e. The van der Waals surface area contributed by atoms with Gasteiger partial charge in [-0.3, -0.25) is 9.59 Å². The Hall–Kier alpha value is -6.84. The Morgan fingerprint density at radius 3 is 1.84 bits per heavy atom. The van der Waals surface area contributed by atoms with Crippen molar-refractivity contribution in [2.24, 2.45) is 5.41 Å².